The van der Waals surface area contributed by atoms with Gasteiger partial charge in [0.15, 0.2) is 5.82 Å². The third-order valence-corrected chi connectivity index (χ3v) is 4.29. The molecule has 0 saturated carbocycles. The van der Waals surface area contributed by atoms with Crippen molar-refractivity contribution in [2.75, 3.05) is 19.3 Å². The van der Waals surface area contributed by atoms with Crippen molar-refractivity contribution >= 4 is 22.8 Å². The Kier molecular flexibility index (Phi) is 5.27. The highest BCUT2D eigenvalue weighted by Gasteiger charge is 2.13. The minimum absolute atomic E-state index is 0.277. The largest absolute Gasteiger partial charge is 0.382 e. The molecule has 1 amide bonds. The average molecular weight is 368 g/mol. The Labute approximate surface area is 156 Å². The number of hydrogen-bond acceptors (Lipinski definition) is 6. The van der Waals surface area contributed by atoms with E-state index in [1.165, 1.54) is 18.5 Å². The lowest BCUT2D eigenvalue weighted by atomic mass is 10.1. The van der Waals surface area contributed by atoms with Gasteiger partial charge in [0.25, 0.3) is 0 Å². The number of carbonyl (C=O) groups excluding carboxylic acids is 1. The van der Waals surface area contributed by atoms with Gasteiger partial charge in [0.2, 0.25) is 5.91 Å². The van der Waals surface area contributed by atoms with Gasteiger partial charge in [-0.2, -0.15) is 0 Å². The zero-order valence-electron chi connectivity index (χ0n) is 15.2. The summed E-state index contributed by atoms with van der Waals surface area (Å²) in [5.41, 5.74) is 14.3. The summed E-state index contributed by atoms with van der Waals surface area (Å²) in [6.07, 6.45) is 1.38. The fourth-order valence-electron chi connectivity index (χ4n) is 2.94. The maximum Gasteiger partial charge on any atom is 0.221 e. The van der Waals surface area contributed by atoms with Crippen LogP contribution < -0.4 is 11.5 Å². The summed E-state index contributed by atoms with van der Waals surface area (Å²) < 4.78 is 14.2. The number of nitrogens with zero attached hydrogens (tertiary/aromatic N) is 4. The van der Waals surface area contributed by atoms with Crippen LogP contribution in [0.2, 0.25) is 0 Å². The predicted molar refractivity (Wildman–Crippen MR) is 102 cm³/mol. The topological polar surface area (TPSA) is 111 Å². The number of primary amides is 1. The Hall–Kier alpha value is -3.13. The van der Waals surface area contributed by atoms with Crippen LogP contribution in [0.25, 0.3) is 22.3 Å². The second-order valence-electron chi connectivity index (χ2n) is 6.67. The van der Waals surface area contributed by atoms with E-state index in [4.69, 9.17) is 11.5 Å². The molecule has 2 heterocycles. The fourth-order valence-corrected chi connectivity index (χ4v) is 2.94. The Bertz CT molecular complexity index is 993. The summed E-state index contributed by atoms with van der Waals surface area (Å²) in [4.78, 5) is 25.7. The van der Waals surface area contributed by atoms with Gasteiger partial charge in [-0.3, -0.25) is 4.79 Å². The van der Waals surface area contributed by atoms with E-state index in [1.807, 2.05) is 18.0 Å². The van der Waals surface area contributed by atoms with E-state index in [-0.39, 0.29) is 23.5 Å². The molecule has 27 heavy (non-hydrogen) atoms. The molecule has 0 aliphatic heterocycles. The number of carbonyl (C=O) groups is 1. The SMILES string of the molecule is CC(CN(C)Cc1cc(F)cc(-c2ccc3ncnc(N)c3n2)c1)C(N)=O. The molecule has 0 radical (unpaired) electrons. The lowest BCUT2D eigenvalue weighted by Crippen LogP contribution is -2.32. The Morgan fingerprint density at radius 2 is 2.04 bits per heavy atom. The van der Waals surface area contributed by atoms with E-state index >= 15 is 0 Å². The van der Waals surface area contributed by atoms with Gasteiger partial charge in [0.05, 0.1) is 11.2 Å². The second-order valence-corrected chi connectivity index (χ2v) is 6.67. The zero-order chi connectivity index (χ0) is 19.6. The molecule has 1 unspecified atom stereocenters. The number of halogens is 1. The summed E-state index contributed by atoms with van der Waals surface area (Å²) in [5, 5.41) is 0. The number of benzene rings is 1. The minimum atomic E-state index is -0.363. The lowest BCUT2D eigenvalue weighted by Gasteiger charge is -2.20. The van der Waals surface area contributed by atoms with Gasteiger partial charge in [-0.15, -0.1) is 0 Å². The van der Waals surface area contributed by atoms with Gasteiger partial charge in [0, 0.05) is 24.6 Å². The molecule has 0 saturated heterocycles. The number of amides is 1. The van der Waals surface area contributed by atoms with Gasteiger partial charge >= 0.3 is 0 Å². The highest BCUT2D eigenvalue weighted by atomic mass is 19.1. The van der Waals surface area contributed by atoms with Gasteiger partial charge in [0.1, 0.15) is 17.7 Å². The summed E-state index contributed by atoms with van der Waals surface area (Å²) in [5.74, 6) is -0.730. The predicted octanol–water partition coefficient (Wildman–Crippen LogP) is 1.97. The van der Waals surface area contributed by atoms with Crippen molar-refractivity contribution < 1.29 is 9.18 Å². The average Bonchev–Trinajstić information content (AvgIpc) is 2.61. The van der Waals surface area contributed by atoms with Gasteiger partial charge in [-0.05, 0) is 42.9 Å². The fraction of sp³-hybridized carbons (Fsp3) is 0.263. The molecule has 3 aromatic rings. The van der Waals surface area contributed by atoms with Crippen LogP contribution in [-0.4, -0.2) is 39.4 Å². The molecule has 1 atom stereocenters. The van der Waals surface area contributed by atoms with Crippen molar-refractivity contribution in [3.63, 3.8) is 0 Å². The number of aromatic nitrogens is 3. The Balaban J connectivity index is 1.89. The molecule has 0 fully saturated rings. The monoisotopic (exact) mass is 368 g/mol. The maximum atomic E-state index is 14.2. The smallest absolute Gasteiger partial charge is 0.221 e. The van der Waals surface area contributed by atoms with Crippen LogP contribution in [0.3, 0.4) is 0 Å². The van der Waals surface area contributed by atoms with E-state index in [9.17, 15) is 9.18 Å². The van der Waals surface area contributed by atoms with Gasteiger partial charge in [-0.1, -0.05) is 6.92 Å². The normalized spacial score (nSPS) is 12.4. The molecule has 4 N–H and O–H groups in total. The zero-order valence-corrected chi connectivity index (χ0v) is 15.2. The van der Waals surface area contributed by atoms with Crippen molar-refractivity contribution in [3.8, 4) is 11.3 Å². The summed E-state index contributed by atoms with van der Waals surface area (Å²) in [6, 6.07) is 8.30. The first-order chi connectivity index (χ1) is 12.8. The number of hydrogen-bond donors (Lipinski definition) is 2. The first-order valence-electron chi connectivity index (χ1n) is 8.48. The second kappa shape index (κ2) is 7.63. The van der Waals surface area contributed by atoms with Crippen LogP contribution in [0.5, 0.6) is 0 Å². The van der Waals surface area contributed by atoms with Crippen LogP contribution in [-0.2, 0) is 11.3 Å². The highest BCUT2D eigenvalue weighted by molar-refractivity contribution is 5.85. The van der Waals surface area contributed by atoms with Crippen molar-refractivity contribution in [1.82, 2.24) is 19.9 Å². The van der Waals surface area contributed by atoms with E-state index < -0.39 is 0 Å². The molecule has 0 bridgehead atoms. The molecule has 0 aliphatic carbocycles. The molecule has 0 spiro atoms. The number of nitrogens with two attached hydrogens (primary N) is 2. The first kappa shape index (κ1) is 18.7. The number of anilines is 1. The Morgan fingerprint density at radius 3 is 2.78 bits per heavy atom. The quantitative estimate of drug-likeness (QED) is 0.688. The number of fused-ring (bicyclic) bond motifs is 1. The Morgan fingerprint density at radius 1 is 1.26 bits per heavy atom. The van der Waals surface area contributed by atoms with Crippen molar-refractivity contribution in [2.45, 2.75) is 13.5 Å². The molecular weight excluding hydrogens is 347 g/mol. The summed E-state index contributed by atoms with van der Waals surface area (Å²) >= 11 is 0. The highest BCUT2D eigenvalue weighted by Crippen LogP contribution is 2.24. The van der Waals surface area contributed by atoms with E-state index in [2.05, 4.69) is 15.0 Å². The van der Waals surface area contributed by atoms with Crippen molar-refractivity contribution in [3.05, 3.63) is 48.0 Å². The van der Waals surface area contributed by atoms with Crippen LogP contribution in [0, 0.1) is 11.7 Å². The number of rotatable bonds is 6. The third-order valence-electron chi connectivity index (χ3n) is 4.29. The number of pyridine rings is 1. The van der Waals surface area contributed by atoms with Gasteiger partial charge in [-0.25, -0.2) is 19.3 Å². The lowest BCUT2D eigenvalue weighted by molar-refractivity contribution is -0.121. The van der Waals surface area contributed by atoms with Gasteiger partial charge < -0.3 is 16.4 Å². The summed E-state index contributed by atoms with van der Waals surface area (Å²) in [7, 11) is 1.86. The minimum Gasteiger partial charge on any atom is -0.382 e. The standard InChI is InChI=1S/C19H21FN6O/c1-11(19(22)27)8-26(2)9-12-5-13(7-14(20)6-12)15-3-4-16-17(25-15)18(21)24-10-23-16/h3-7,10-11H,8-9H2,1-2H3,(H2,22,27)(H2,21,23,24). The molecule has 8 heteroatoms. The maximum absolute atomic E-state index is 14.2. The molecular formula is C19H21FN6O. The number of nitrogen functional groups attached to an aromatic ring is 1. The van der Waals surface area contributed by atoms with Crippen LogP contribution in [0.4, 0.5) is 10.2 Å². The van der Waals surface area contributed by atoms with Crippen LogP contribution >= 0.6 is 0 Å². The molecule has 2 aromatic heterocycles. The molecule has 140 valence electrons. The van der Waals surface area contributed by atoms with E-state index in [0.717, 1.165) is 5.56 Å². The third kappa shape index (κ3) is 4.35. The molecule has 1 aromatic carbocycles. The van der Waals surface area contributed by atoms with Crippen LogP contribution in [0.1, 0.15) is 12.5 Å². The van der Waals surface area contributed by atoms with E-state index in [0.29, 0.717) is 35.4 Å². The van der Waals surface area contributed by atoms with Crippen LogP contribution in [0.15, 0.2) is 36.7 Å². The van der Waals surface area contributed by atoms with Crippen molar-refractivity contribution in [2.24, 2.45) is 11.7 Å². The summed E-state index contributed by atoms with van der Waals surface area (Å²) in [6.45, 7) is 2.73. The molecule has 7 nitrogen and oxygen atoms in total. The van der Waals surface area contributed by atoms with E-state index in [1.54, 1.807) is 19.1 Å². The molecule has 3 rings (SSSR count). The molecule has 0 aliphatic rings. The first-order valence-corrected chi connectivity index (χ1v) is 8.48. The van der Waals surface area contributed by atoms with Crippen molar-refractivity contribution in [1.29, 1.82) is 0 Å².